The van der Waals surface area contributed by atoms with Gasteiger partial charge in [-0.05, 0) is 13.5 Å². The van der Waals surface area contributed by atoms with Crippen LogP contribution in [0.2, 0.25) is 0 Å². The number of rotatable bonds is 3. The molecule has 1 unspecified atom stereocenters. The van der Waals surface area contributed by atoms with Crippen LogP contribution in [0.25, 0.3) is 0 Å². The number of carbonyl (C=O) groups excluding carboxylic acids is 1. The predicted molar refractivity (Wildman–Crippen MR) is 74.2 cm³/mol. The van der Waals surface area contributed by atoms with E-state index in [2.05, 4.69) is 34.2 Å². The first-order valence-corrected chi connectivity index (χ1v) is 6.65. The molecule has 1 atom stereocenters. The van der Waals surface area contributed by atoms with Crippen molar-refractivity contribution in [3.05, 3.63) is 18.1 Å². The summed E-state index contributed by atoms with van der Waals surface area (Å²) in [4.78, 5) is 24.8. The van der Waals surface area contributed by atoms with Gasteiger partial charge in [0.25, 0.3) is 5.91 Å². The molecule has 1 amide bonds. The largest absolute Gasteiger partial charge is 0.372 e. The van der Waals surface area contributed by atoms with Gasteiger partial charge in [0.05, 0.1) is 12.4 Å². The lowest BCUT2D eigenvalue weighted by Crippen LogP contribution is -2.53. The fourth-order valence-corrected chi connectivity index (χ4v) is 2.30. The van der Waals surface area contributed by atoms with E-state index >= 15 is 0 Å². The molecular weight excluding hydrogens is 242 g/mol. The summed E-state index contributed by atoms with van der Waals surface area (Å²) in [7, 11) is 3.88. The van der Waals surface area contributed by atoms with Gasteiger partial charge in [-0.25, -0.2) is 9.97 Å². The molecule has 0 saturated carbocycles. The Bertz CT molecular complexity index is 433. The quantitative estimate of drug-likeness (QED) is 0.869. The molecule has 1 aliphatic heterocycles. The van der Waals surface area contributed by atoms with Crippen molar-refractivity contribution in [3.63, 3.8) is 0 Å². The number of hydrogen-bond acceptors (Lipinski definition) is 5. The third-order valence-electron chi connectivity index (χ3n) is 3.66. The van der Waals surface area contributed by atoms with Crippen molar-refractivity contribution in [1.29, 1.82) is 0 Å². The minimum absolute atomic E-state index is 0.0262. The zero-order valence-electron chi connectivity index (χ0n) is 11.8. The van der Waals surface area contributed by atoms with Gasteiger partial charge < -0.3 is 10.2 Å². The molecule has 6 heteroatoms. The van der Waals surface area contributed by atoms with Crippen molar-refractivity contribution < 1.29 is 4.79 Å². The molecule has 0 aromatic carbocycles. The first-order chi connectivity index (χ1) is 9.15. The molecule has 19 heavy (non-hydrogen) atoms. The van der Waals surface area contributed by atoms with Gasteiger partial charge in [-0.1, -0.05) is 6.92 Å². The Hall–Kier alpha value is -1.69. The number of aromatic nitrogens is 2. The molecule has 2 heterocycles. The molecule has 1 N–H and O–H groups in total. The van der Waals surface area contributed by atoms with Gasteiger partial charge in [-0.15, -0.1) is 0 Å². The van der Waals surface area contributed by atoms with Crippen LogP contribution in [-0.2, 0) is 0 Å². The number of nitrogens with zero attached hydrogens (tertiary/aromatic N) is 4. The third-order valence-corrected chi connectivity index (χ3v) is 3.66. The number of amides is 1. The van der Waals surface area contributed by atoms with E-state index < -0.39 is 0 Å². The Morgan fingerprint density at radius 1 is 1.42 bits per heavy atom. The van der Waals surface area contributed by atoms with Gasteiger partial charge >= 0.3 is 0 Å². The van der Waals surface area contributed by atoms with Crippen LogP contribution in [0.1, 0.15) is 23.8 Å². The van der Waals surface area contributed by atoms with Crippen molar-refractivity contribution in [2.24, 2.45) is 0 Å². The van der Waals surface area contributed by atoms with Crippen molar-refractivity contribution in [2.45, 2.75) is 19.4 Å². The zero-order valence-corrected chi connectivity index (χ0v) is 11.8. The highest BCUT2D eigenvalue weighted by molar-refractivity contribution is 5.92. The number of nitrogens with one attached hydrogen (secondary N) is 1. The normalized spacial score (nSPS) is 20.4. The van der Waals surface area contributed by atoms with E-state index in [1.807, 2.05) is 4.90 Å². The molecule has 0 spiro atoms. The average molecular weight is 263 g/mol. The standard InChI is InChI=1S/C13H21N5O/c1-4-10-9-18(6-5-17(10)3)13(19)11-7-16-12(14-2)8-15-11/h7-8,10H,4-6,9H2,1-3H3,(H,14,16). The summed E-state index contributed by atoms with van der Waals surface area (Å²) in [6.45, 7) is 4.57. The molecule has 1 aromatic rings. The average Bonchev–Trinajstić information content (AvgIpc) is 2.47. The fourth-order valence-electron chi connectivity index (χ4n) is 2.30. The SMILES string of the molecule is CCC1CN(C(=O)c2cnc(NC)cn2)CCN1C. The summed E-state index contributed by atoms with van der Waals surface area (Å²) in [5.74, 6) is 0.642. The smallest absolute Gasteiger partial charge is 0.274 e. The number of carbonyl (C=O) groups is 1. The minimum Gasteiger partial charge on any atom is -0.372 e. The molecule has 0 radical (unpaired) electrons. The Balaban J connectivity index is 2.06. The Kier molecular flexibility index (Phi) is 4.31. The maximum Gasteiger partial charge on any atom is 0.274 e. The summed E-state index contributed by atoms with van der Waals surface area (Å²) >= 11 is 0. The molecule has 1 saturated heterocycles. The predicted octanol–water partition coefficient (Wildman–Crippen LogP) is 0.684. The molecule has 1 aromatic heterocycles. The molecule has 0 aliphatic carbocycles. The first-order valence-electron chi connectivity index (χ1n) is 6.65. The van der Waals surface area contributed by atoms with Crippen molar-refractivity contribution >= 4 is 11.7 Å². The van der Waals surface area contributed by atoms with E-state index in [1.54, 1.807) is 13.2 Å². The second-order valence-electron chi connectivity index (χ2n) is 4.83. The number of piperazine rings is 1. The van der Waals surface area contributed by atoms with Crippen LogP contribution in [0.15, 0.2) is 12.4 Å². The molecule has 1 fully saturated rings. The van der Waals surface area contributed by atoms with Gasteiger partial charge in [0.1, 0.15) is 11.5 Å². The van der Waals surface area contributed by atoms with Crippen molar-refractivity contribution in [2.75, 3.05) is 39.0 Å². The second-order valence-corrected chi connectivity index (χ2v) is 4.83. The number of hydrogen-bond donors (Lipinski definition) is 1. The Labute approximate surface area is 113 Å². The van der Waals surface area contributed by atoms with E-state index in [1.165, 1.54) is 6.20 Å². The number of anilines is 1. The maximum absolute atomic E-state index is 12.4. The van der Waals surface area contributed by atoms with Crippen molar-refractivity contribution in [1.82, 2.24) is 19.8 Å². The highest BCUT2D eigenvalue weighted by Crippen LogP contribution is 2.13. The van der Waals surface area contributed by atoms with Crippen LogP contribution in [-0.4, -0.2) is 65.4 Å². The topological polar surface area (TPSA) is 61.4 Å². The van der Waals surface area contributed by atoms with Crippen LogP contribution in [0, 0.1) is 0 Å². The van der Waals surface area contributed by atoms with E-state index in [9.17, 15) is 4.79 Å². The minimum atomic E-state index is -0.0262. The lowest BCUT2D eigenvalue weighted by Gasteiger charge is -2.38. The second kappa shape index (κ2) is 5.97. The summed E-state index contributed by atoms with van der Waals surface area (Å²) in [6.07, 6.45) is 4.17. The van der Waals surface area contributed by atoms with Gasteiger partial charge in [-0.2, -0.15) is 0 Å². The molecular formula is C13H21N5O. The van der Waals surface area contributed by atoms with Crippen LogP contribution in [0.5, 0.6) is 0 Å². The summed E-state index contributed by atoms with van der Waals surface area (Å²) in [5.41, 5.74) is 0.415. The summed E-state index contributed by atoms with van der Waals surface area (Å²) in [6, 6.07) is 0.433. The number of likely N-dealkylation sites (N-methyl/N-ethyl adjacent to an activating group) is 1. The molecule has 104 valence electrons. The van der Waals surface area contributed by atoms with E-state index in [0.717, 1.165) is 26.1 Å². The zero-order chi connectivity index (χ0) is 13.8. The lowest BCUT2D eigenvalue weighted by atomic mass is 10.1. The van der Waals surface area contributed by atoms with Gasteiger partial charge in [0, 0.05) is 32.7 Å². The fraction of sp³-hybridized carbons (Fsp3) is 0.615. The lowest BCUT2D eigenvalue weighted by molar-refractivity contribution is 0.0536. The highest BCUT2D eigenvalue weighted by atomic mass is 16.2. The van der Waals surface area contributed by atoms with Crippen LogP contribution in [0.4, 0.5) is 5.82 Å². The highest BCUT2D eigenvalue weighted by Gasteiger charge is 2.27. The molecule has 6 nitrogen and oxygen atoms in total. The third kappa shape index (κ3) is 3.01. The van der Waals surface area contributed by atoms with Crippen LogP contribution < -0.4 is 5.32 Å². The Morgan fingerprint density at radius 2 is 2.21 bits per heavy atom. The first kappa shape index (κ1) is 13.7. The van der Waals surface area contributed by atoms with Crippen LogP contribution in [0.3, 0.4) is 0 Å². The molecule has 0 bridgehead atoms. The van der Waals surface area contributed by atoms with Crippen molar-refractivity contribution in [3.8, 4) is 0 Å². The summed E-state index contributed by atoms with van der Waals surface area (Å²) < 4.78 is 0. The monoisotopic (exact) mass is 263 g/mol. The van der Waals surface area contributed by atoms with Crippen LogP contribution >= 0.6 is 0 Å². The summed E-state index contributed by atoms with van der Waals surface area (Å²) in [5, 5.41) is 2.89. The molecule has 1 aliphatic rings. The molecule has 2 rings (SSSR count). The van der Waals surface area contributed by atoms with E-state index in [0.29, 0.717) is 17.6 Å². The van der Waals surface area contributed by atoms with E-state index in [-0.39, 0.29) is 5.91 Å². The van der Waals surface area contributed by atoms with Gasteiger partial charge in [-0.3, -0.25) is 9.69 Å². The van der Waals surface area contributed by atoms with E-state index in [4.69, 9.17) is 0 Å². The maximum atomic E-state index is 12.4. The van der Waals surface area contributed by atoms with Gasteiger partial charge in [0.15, 0.2) is 0 Å². The van der Waals surface area contributed by atoms with Gasteiger partial charge in [0.2, 0.25) is 0 Å². The Morgan fingerprint density at radius 3 is 2.79 bits per heavy atom.